The summed E-state index contributed by atoms with van der Waals surface area (Å²) >= 11 is 0. The first-order valence-corrected chi connectivity index (χ1v) is 6.07. The second-order valence-electron chi connectivity index (χ2n) is 4.88. The molecular formula is C12H24N2O. The summed E-state index contributed by atoms with van der Waals surface area (Å²) in [5, 5.41) is 0. The molecule has 3 nitrogen and oxygen atoms in total. The van der Waals surface area contributed by atoms with Crippen LogP contribution >= 0.6 is 0 Å². The predicted octanol–water partition coefficient (Wildman–Crippen LogP) is 1.59. The van der Waals surface area contributed by atoms with Crippen molar-refractivity contribution in [1.29, 1.82) is 0 Å². The summed E-state index contributed by atoms with van der Waals surface area (Å²) in [4.78, 5) is 15.7. The van der Waals surface area contributed by atoms with Crippen molar-refractivity contribution in [3.05, 3.63) is 0 Å². The largest absolute Gasteiger partial charge is 0.342 e. The number of amides is 1. The van der Waals surface area contributed by atoms with Gasteiger partial charge in [-0.05, 0) is 31.8 Å². The Morgan fingerprint density at radius 2 is 1.93 bits per heavy atom. The fraction of sp³-hybridized carbons (Fsp3) is 0.917. The molecule has 0 bridgehead atoms. The first-order chi connectivity index (χ1) is 7.09. The number of hydrogen-bond acceptors (Lipinski definition) is 2. The molecule has 0 saturated carbocycles. The van der Waals surface area contributed by atoms with Crippen LogP contribution in [0.25, 0.3) is 0 Å². The molecule has 0 unspecified atom stereocenters. The minimum Gasteiger partial charge on any atom is -0.342 e. The summed E-state index contributed by atoms with van der Waals surface area (Å²) in [5.74, 6) is 0.998. The Labute approximate surface area is 93.4 Å². The van der Waals surface area contributed by atoms with Crippen LogP contribution in [-0.4, -0.2) is 48.4 Å². The second-order valence-corrected chi connectivity index (χ2v) is 4.88. The fourth-order valence-corrected chi connectivity index (χ4v) is 1.95. The maximum absolute atomic E-state index is 11.2. The SMILES string of the molecule is CC(=O)N1CCCN(CCC(C)C)CC1. The third kappa shape index (κ3) is 4.65. The molecule has 15 heavy (non-hydrogen) atoms. The van der Waals surface area contributed by atoms with Gasteiger partial charge in [0.1, 0.15) is 0 Å². The number of carbonyl (C=O) groups excluding carboxylic acids is 1. The van der Waals surface area contributed by atoms with Gasteiger partial charge in [0.15, 0.2) is 0 Å². The van der Waals surface area contributed by atoms with Crippen LogP contribution in [0.2, 0.25) is 0 Å². The lowest BCUT2D eigenvalue weighted by Gasteiger charge is -2.21. The second kappa shape index (κ2) is 6.11. The van der Waals surface area contributed by atoms with Gasteiger partial charge in [0.05, 0.1) is 0 Å². The van der Waals surface area contributed by atoms with Crippen LogP contribution in [0.4, 0.5) is 0 Å². The molecule has 0 aliphatic carbocycles. The molecule has 1 rings (SSSR count). The summed E-state index contributed by atoms with van der Waals surface area (Å²) < 4.78 is 0. The van der Waals surface area contributed by atoms with Gasteiger partial charge in [-0.1, -0.05) is 13.8 Å². The zero-order valence-electron chi connectivity index (χ0n) is 10.3. The van der Waals surface area contributed by atoms with E-state index >= 15 is 0 Å². The van der Waals surface area contributed by atoms with Gasteiger partial charge in [-0.25, -0.2) is 0 Å². The van der Waals surface area contributed by atoms with Gasteiger partial charge in [-0.3, -0.25) is 4.79 Å². The van der Waals surface area contributed by atoms with Gasteiger partial charge in [0, 0.05) is 26.6 Å². The van der Waals surface area contributed by atoms with Gasteiger partial charge < -0.3 is 9.80 Å². The molecule has 1 amide bonds. The summed E-state index contributed by atoms with van der Waals surface area (Å²) in [6, 6.07) is 0. The number of nitrogens with zero attached hydrogens (tertiary/aromatic N) is 2. The molecule has 0 atom stereocenters. The molecule has 0 aromatic heterocycles. The standard InChI is InChI=1S/C12H24N2O/c1-11(2)5-8-13-6-4-7-14(10-9-13)12(3)15/h11H,4-10H2,1-3H3. The highest BCUT2D eigenvalue weighted by Gasteiger charge is 2.15. The van der Waals surface area contributed by atoms with Crippen LogP contribution in [0.5, 0.6) is 0 Å². The third-order valence-electron chi connectivity index (χ3n) is 3.06. The van der Waals surface area contributed by atoms with E-state index in [1.54, 1.807) is 6.92 Å². The molecule has 0 aromatic carbocycles. The van der Waals surface area contributed by atoms with Gasteiger partial charge in [-0.15, -0.1) is 0 Å². The average molecular weight is 212 g/mol. The van der Waals surface area contributed by atoms with Crippen LogP contribution in [0, 0.1) is 5.92 Å². The van der Waals surface area contributed by atoms with Crippen molar-refractivity contribution in [3.63, 3.8) is 0 Å². The van der Waals surface area contributed by atoms with Crippen LogP contribution < -0.4 is 0 Å². The lowest BCUT2D eigenvalue weighted by molar-refractivity contribution is -0.128. The van der Waals surface area contributed by atoms with Gasteiger partial charge >= 0.3 is 0 Å². The van der Waals surface area contributed by atoms with E-state index in [1.807, 2.05) is 4.90 Å². The van der Waals surface area contributed by atoms with E-state index in [0.717, 1.165) is 38.5 Å². The molecule has 0 radical (unpaired) electrons. The molecule has 1 saturated heterocycles. The van der Waals surface area contributed by atoms with Crippen LogP contribution in [0.15, 0.2) is 0 Å². The molecule has 3 heteroatoms. The molecule has 1 heterocycles. The highest BCUT2D eigenvalue weighted by molar-refractivity contribution is 5.73. The monoisotopic (exact) mass is 212 g/mol. The van der Waals surface area contributed by atoms with E-state index in [-0.39, 0.29) is 5.91 Å². The van der Waals surface area contributed by atoms with Crippen LogP contribution in [0.1, 0.15) is 33.6 Å². The zero-order chi connectivity index (χ0) is 11.3. The van der Waals surface area contributed by atoms with Crippen molar-refractivity contribution in [2.75, 3.05) is 32.7 Å². The molecule has 0 aromatic rings. The average Bonchev–Trinajstić information content (AvgIpc) is 2.39. The minimum absolute atomic E-state index is 0.223. The van der Waals surface area contributed by atoms with Gasteiger partial charge in [0.25, 0.3) is 0 Å². The van der Waals surface area contributed by atoms with E-state index in [1.165, 1.54) is 13.0 Å². The first-order valence-electron chi connectivity index (χ1n) is 6.07. The van der Waals surface area contributed by atoms with Crippen molar-refractivity contribution in [3.8, 4) is 0 Å². The van der Waals surface area contributed by atoms with Crippen molar-refractivity contribution >= 4 is 5.91 Å². The summed E-state index contributed by atoms with van der Waals surface area (Å²) in [5.41, 5.74) is 0. The molecule has 1 aliphatic rings. The van der Waals surface area contributed by atoms with Crippen LogP contribution in [0.3, 0.4) is 0 Å². The molecular weight excluding hydrogens is 188 g/mol. The van der Waals surface area contributed by atoms with E-state index in [2.05, 4.69) is 18.7 Å². The molecule has 0 spiro atoms. The van der Waals surface area contributed by atoms with E-state index in [0.29, 0.717) is 0 Å². The lowest BCUT2D eigenvalue weighted by atomic mass is 10.1. The van der Waals surface area contributed by atoms with E-state index < -0.39 is 0 Å². The maximum atomic E-state index is 11.2. The van der Waals surface area contributed by atoms with Crippen molar-refractivity contribution in [2.45, 2.75) is 33.6 Å². The molecule has 0 N–H and O–H groups in total. The topological polar surface area (TPSA) is 23.6 Å². The van der Waals surface area contributed by atoms with Gasteiger partial charge in [-0.2, -0.15) is 0 Å². The summed E-state index contributed by atoms with van der Waals surface area (Å²) in [6.45, 7) is 11.4. The van der Waals surface area contributed by atoms with E-state index in [4.69, 9.17) is 0 Å². The molecule has 1 fully saturated rings. The zero-order valence-corrected chi connectivity index (χ0v) is 10.3. The quantitative estimate of drug-likeness (QED) is 0.709. The Hall–Kier alpha value is -0.570. The third-order valence-corrected chi connectivity index (χ3v) is 3.06. The number of hydrogen-bond donors (Lipinski definition) is 0. The highest BCUT2D eigenvalue weighted by atomic mass is 16.2. The number of rotatable bonds is 3. The Morgan fingerprint density at radius 1 is 1.20 bits per heavy atom. The van der Waals surface area contributed by atoms with Gasteiger partial charge in [0.2, 0.25) is 5.91 Å². The van der Waals surface area contributed by atoms with Crippen molar-refractivity contribution < 1.29 is 4.79 Å². The maximum Gasteiger partial charge on any atom is 0.219 e. The minimum atomic E-state index is 0.223. The van der Waals surface area contributed by atoms with Crippen molar-refractivity contribution in [2.24, 2.45) is 5.92 Å². The van der Waals surface area contributed by atoms with Crippen LogP contribution in [-0.2, 0) is 4.79 Å². The Kier molecular flexibility index (Phi) is 5.09. The highest BCUT2D eigenvalue weighted by Crippen LogP contribution is 2.07. The van der Waals surface area contributed by atoms with E-state index in [9.17, 15) is 4.79 Å². The molecule has 1 aliphatic heterocycles. The normalized spacial score (nSPS) is 19.3. The lowest BCUT2D eigenvalue weighted by Crippen LogP contribution is -2.34. The molecule has 88 valence electrons. The Bertz CT molecular complexity index is 204. The summed E-state index contributed by atoms with van der Waals surface area (Å²) in [6.07, 6.45) is 2.39. The predicted molar refractivity (Wildman–Crippen MR) is 62.8 cm³/mol. The summed E-state index contributed by atoms with van der Waals surface area (Å²) in [7, 11) is 0. The first kappa shape index (κ1) is 12.5. The number of carbonyl (C=O) groups is 1. The smallest absolute Gasteiger partial charge is 0.219 e. The fourth-order valence-electron chi connectivity index (χ4n) is 1.95. The Morgan fingerprint density at radius 3 is 2.53 bits per heavy atom. The van der Waals surface area contributed by atoms with Crippen molar-refractivity contribution in [1.82, 2.24) is 9.80 Å². The Balaban J connectivity index is 2.29.